The van der Waals surface area contributed by atoms with E-state index in [1.165, 1.54) is 16.7 Å². The zero-order valence-corrected chi connectivity index (χ0v) is 17.6. The average molecular weight is 368 g/mol. The molecule has 0 saturated heterocycles. The van der Waals surface area contributed by atoms with Crippen LogP contribution in [-0.4, -0.2) is 20.4 Å². The topological polar surface area (TPSA) is 38.3 Å². The van der Waals surface area contributed by atoms with E-state index in [1.54, 1.807) is 7.11 Å². The first-order valence-electron chi connectivity index (χ1n) is 9.38. The van der Waals surface area contributed by atoms with Crippen LogP contribution in [0, 0.1) is 6.92 Å². The van der Waals surface area contributed by atoms with Gasteiger partial charge in [0, 0.05) is 13.5 Å². The fourth-order valence-electron chi connectivity index (χ4n) is 2.90. The Morgan fingerprint density at radius 2 is 1.93 bits per heavy atom. The van der Waals surface area contributed by atoms with E-state index in [0.717, 1.165) is 35.3 Å². The highest BCUT2D eigenvalue weighted by Gasteiger charge is 2.06. The molecule has 27 heavy (non-hydrogen) atoms. The van der Waals surface area contributed by atoms with E-state index in [1.807, 2.05) is 32.2 Å². The summed E-state index contributed by atoms with van der Waals surface area (Å²) in [4.78, 5) is 10.3. The van der Waals surface area contributed by atoms with E-state index < -0.39 is 0 Å². The molecule has 1 N–H and O–H groups in total. The number of hydrogen-bond donors (Lipinski definition) is 1. The van der Waals surface area contributed by atoms with Crippen LogP contribution in [0.2, 0.25) is 0 Å². The van der Waals surface area contributed by atoms with Crippen molar-refractivity contribution in [2.45, 2.75) is 46.5 Å². The molecule has 0 aliphatic heterocycles. The Kier molecular flexibility index (Phi) is 9.35. The third kappa shape index (κ3) is 6.93. The summed E-state index contributed by atoms with van der Waals surface area (Å²) in [5.74, 6) is 1.39. The molecule has 0 unspecified atom stereocenters. The van der Waals surface area contributed by atoms with E-state index in [9.17, 15) is 4.79 Å². The zero-order valence-electron chi connectivity index (χ0n) is 17.6. The van der Waals surface area contributed by atoms with Crippen LogP contribution in [0.15, 0.2) is 43.0 Å². The second kappa shape index (κ2) is 11.2. The molecule has 0 radical (unpaired) electrons. The van der Waals surface area contributed by atoms with Gasteiger partial charge in [0.25, 0.3) is 0 Å². The van der Waals surface area contributed by atoms with Gasteiger partial charge >= 0.3 is 0 Å². The third-order valence-corrected chi connectivity index (χ3v) is 4.41. The summed E-state index contributed by atoms with van der Waals surface area (Å²) >= 11 is 0. The van der Waals surface area contributed by atoms with Crippen molar-refractivity contribution in [3.8, 4) is 5.75 Å². The number of aryl methyl sites for hydroxylation is 2. The molecule has 0 fully saturated rings. The summed E-state index contributed by atoms with van der Waals surface area (Å²) in [6, 6.07) is 12.5. The SMILES string of the molecule is C=C(C)c1ccc(OC)c(NC)c1.Cc1ccc(C(C)C)c(CCC=O)c1. The predicted octanol–water partition coefficient (Wildman–Crippen LogP) is 6.02. The second-order valence-electron chi connectivity index (χ2n) is 7.01. The maximum atomic E-state index is 10.3. The molecular weight excluding hydrogens is 334 g/mol. The molecule has 0 heterocycles. The van der Waals surface area contributed by atoms with Gasteiger partial charge in [0.1, 0.15) is 12.0 Å². The van der Waals surface area contributed by atoms with Crippen LogP contribution >= 0.6 is 0 Å². The van der Waals surface area contributed by atoms with Gasteiger partial charge in [-0.1, -0.05) is 55.8 Å². The number of allylic oxidation sites excluding steroid dienone is 1. The van der Waals surface area contributed by atoms with Crippen LogP contribution in [0.4, 0.5) is 5.69 Å². The van der Waals surface area contributed by atoms with Crippen LogP contribution in [0.1, 0.15) is 55.4 Å². The zero-order chi connectivity index (χ0) is 20.4. The molecular formula is C24H33NO2. The fraction of sp³-hybridized carbons (Fsp3) is 0.375. The Bertz CT molecular complexity index is 763. The molecule has 3 nitrogen and oxygen atoms in total. The van der Waals surface area contributed by atoms with Gasteiger partial charge in [0.2, 0.25) is 0 Å². The van der Waals surface area contributed by atoms with Gasteiger partial charge in [-0.2, -0.15) is 0 Å². The summed E-state index contributed by atoms with van der Waals surface area (Å²) in [6.07, 6.45) is 2.49. The average Bonchev–Trinajstić information content (AvgIpc) is 2.65. The van der Waals surface area contributed by atoms with E-state index in [0.29, 0.717) is 12.3 Å². The maximum absolute atomic E-state index is 10.3. The molecule has 0 bridgehead atoms. The number of aldehydes is 1. The Balaban J connectivity index is 0.000000271. The summed E-state index contributed by atoms with van der Waals surface area (Å²) in [5, 5.41) is 3.08. The minimum absolute atomic E-state index is 0.539. The van der Waals surface area contributed by atoms with Crippen molar-refractivity contribution in [2.75, 3.05) is 19.5 Å². The van der Waals surface area contributed by atoms with Crippen molar-refractivity contribution in [3.63, 3.8) is 0 Å². The number of carbonyl (C=O) groups excluding carboxylic acids is 1. The monoisotopic (exact) mass is 367 g/mol. The highest BCUT2D eigenvalue weighted by atomic mass is 16.5. The fourth-order valence-corrected chi connectivity index (χ4v) is 2.90. The summed E-state index contributed by atoms with van der Waals surface area (Å²) < 4.78 is 5.18. The number of anilines is 1. The number of nitrogens with one attached hydrogen (secondary N) is 1. The molecule has 0 atom stereocenters. The largest absolute Gasteiger partial charge is 0.495 e. The van der Waals surface area contributed by atoms with Crippen molar-refractivity contribution in [1.82, 2.24) is 0 Å². The molecule has 2 rings (SSSR count). The van der Waals surface area contributed by atoms with Crippen molar-refractivity contribution >= 4 is 17.5 Å². The lowest BCUT2D eigenvalue weighted by Gasteiger charge is -2.12. The van der Waals surface area contributed by atoms with Gasteiger partial charge < -0.3 is 14.8 Å². The number of benzene rings is 2. The summed E-state index contributed by atoms with van der Waals surface area (Å²) in [6.45, 7) is 12.3. The predicted molar refractivity (Wildman–Crippen MR) is 117 cm³/mol. The van der Waals surface area contributed by atoms with Gasteiger partial charge in [0.05, 0.1) is 12.8 Å². The molecule has 0 aliphatic carbocycles. The van der Waals surface area contributed by atoms with Gasteiger partial charge in [-0.25, -0.2) is 0 Å². The molecule has 0 amide bonds. The van der Waals surface area contributed by atoms with E-state index in [2.05, 4.69) is 50.9 Å². The Hall–Kier alpha value is -2.55. The van der Waals surface area contributed by atoms with Crippen molar-refractivity contribution in [2.24, 2.45) is 0 Å². The van der Waals surface area contributed by atoms with Gasteiger partial charge in [-0.05, 0) is 55.0 Å². The van der Waals surface area contributed by atoms with Crippen LogP contribution in [0.25, 0.3) is 5.57 Å². The standard InChI is InChI=1S/C13H18O.C11H15NO/c1-10(2)13-7-6-11(3)9-12(13)5-4-8-14;1-8(2)9-5-6-11(13-4)10(7-9)12-3/h6-10H,4-5H2,1-3H3;5-7,12H,1H2,2-4H3. The maximum Gasteiger partial charge on any atom is 0.141 e. The first kappa shape index (κ1) is 22.5. The Morgan fingerprint density at radius 3 is 2.44 bits per heavy atom. The molecule has 2 aromatic rings. The molecule has 146 valence electrons. The number of methoxy groups -OCH3 is 1. The van der Waals surface area contributed by atoms with E-state index in [-0.39, 0.29) is 0 Å². The lowest BCUT2D eigenvalue weighted by molar-refractivity contribution is -0.107. The van der Waals surface area contributed by atoms with Gasteiger partial charge in [-0.3, -0.25) is 0 Å². The van der Waals surface area contributed by atoms with Crippen molar-refractivity contribution in [3.05, 3.63) is 65.2 Å². The quantitative estimate of drug-likeness (QED) is 0.608. The third-order valence-electron chi connectivity index (χ3n) is 4.41. The molecule has 0 aromatic heterocycles. The van der Waals surface area contributed by atoms with Crippen LogP contribution < -0.4 is 10.1 Å². The highest BCUT2D eigenvalue weighted by molar-refractivity contribution is 5.69. The van der Waals surface area contributed by atoms with Crippen LogP contribution in [-0.2, 0) is 11.2 Å². The number of hydrogen-bond acceptors (Lipinski definition) is 3. The lowest BCUT2D eigenvalue weighted by atomic mass is 9.93. The van der Waals surface area contributed by atoms with E-state index in [4.69, 9.17) is 4.74 Å². The number of rotatable bonds is 7. The minimum atomic E-state index is 0.539. The molecule has 0 saturated carbocycles. The first-order chi connectivity index (χ1) is 12.8. The minimum Gasteiger partial charge on any atom is -0.495 e. The summed E-state index contributed by atoms with van der Waals surface area (Å²) in [7, 11) is 3.54. The lowest BCUT2D eigenvalue weighted by Crippen LogP contribution is -1.97. The van der Waals surface area contributed by atoms with E-state index >= 15 is 0 Å². The molecule has 2 aromatic carbocycles. The highest BCUT2D eigenvalue weighted by Crippen LogP contribution is 2.27. The van der Waals surface area contributed by atoms with Gasteiger partial charge in [0.15, 0.2) is 0 Å². The number of carbonyl (C=O) groups is 1. The smallest absolute Gasteiger partial charge is 0.141 e. The molecule has 3 heteroatoms. The van der Waals surface area contributed by atoms with Gasteiger partial charge in [-0.15, -0.1) is 0 Å². The van der Waals surface area contributed by atoms with Crippen molar-refractivity contribution in [1.29, 1.82) is 0 Å². The number of ether oxygens (including phenoxy) is 1. The van der Waals surface area contributed by atoms with Crippen molar-refractivity contribution < 1.29 is 9.53 Å². The second-order valence-corrected chi connectivity index (χ2v) is 7.01. The van der Waals surface area contributed by atoms with Crippen LogP contribution in [0.3, 0.4) is 0 Å². The Labute approximate surface area is 164 Å². The molecule has 0 aliphatic rings. The Morgan fingerprint density at radius 1 is 1.22 bits per heavy atom. The normalized spacial score (nSPS) is 10.0. The van der Waals surface area contributed by atoms with Crippen LogP contribution in [0.5, 0.6) is 5.75 Å². The summed E-state index contributed by atoms with van der Waals surface area (Å²) in [5.41, 5.74) is 7.15. The first-order valence-corrected chi connectivity index (χ1v) is 9.38. The molecule has 0 spiro atoms.